The summed E-state index contributed by atoms with van der Waals surface area (Å²) in [6.07, 6.45) is 1.31. The fourth-order valence-corrected chi connectivity index (χ4v) is 2.05. The lowest BCUT2D eigenvalue weighted by Crippen LogP contribution is -2.43. The molecule has 100 valence electrons. The largest absolute Gasteiger partial charge is 0.456 e. The van der Waals surface area contributed by atoms with E-state index in [0.717, 1.165) is 17.7 Å². The number of carbonyl (C=O) groups excluding carboxylic acids is 1. The molecule has 18 heavy (non-hydrogen) atoms. The summed E-state index contributed by atoms with van der Waals surface area (Å²) < 4.78 is 10.6. The summed E-state index contributed by atoms with van der Waals surface area (Å²) in [5.74, 6) is 0.827. The fraction of sp³-hybridized carbons (Fsp3) is 0.615. The Morgan fingerprint density at radius 3 is 2.94 bits per heavy atom. The van der Waals surface area contributed by atoms with E-state index < -0.39 is 5.60 Å². The first kappa shape index (κ1) is 13.1. The average molecular weight is 253 g/mol. The molecule has 1 aromatic heterocycles. The van der Waals surface area contributed by atoms with Crippen LogP contribution >= 0.6 is 0 Å². The highest BCUT2D eigenvalue weighted by Crippen LogP contribution is 2.18. The number of amides is 1. The van der Waals surface area contributed by atoms with E-state index in [1.165, 1.54) is 0 Å². The molecule has 1 aliphatic rings. The molecule has 5 nitrogen and oxygen atoms in total. The van der Waals surface area contributed by atoms with Crippen LogP contribution in [-0.4, -0.2) is 36.4 Å². The van der Waals surface area contributed by atoms with Crippen LogP contribution in [0.1, 0.15) is 35.2 Å². The number of furan rings is 1. The Morgan fingerprint density at radius 1 is 1.61 bits per heavy atom. The molecule has 1 amide bonds. The monoisotopic (exact) mass is 253 g/mol. The van der Waals surface area contributed by atoms with Gasteiger partial charge in [-0.3, -0.25) is 4.79 Å². The predicted molar refractivity (Wildman–Crippen MR) is 65.5 cm³/mol. The molecule has 0 spiro atoms. The molecule has 2 heterocycles. The molecular weight excluding hydrogens is 234 g/mol. The first-order chi connectivity index (χ1) is 8.54. The summed E-state index contributed by atoms with van der Waals surface area (Å²) in [7, 11) is 0. The van der Waals surface area contributed by atoms with Gasteiger partial charge in [-0.05, 0) is 18.6 Å². The molecule has 0 radical (unpaired) electrons. The van der Waals surface area contributed by atoms with Crippen LogP contribution in [0.4, 0.5) is 0 Å². The number of ether oxygens (including phenoxy) is 1. The Labute approximate surface area is 106 Å². The number of aryl methyl sites for hydroxylation is 2. The van der Waals surface area contributed by atoms with E-state index in [1.807, 2.05) is 13.8 Å². The molecule has 0 unspecified atom stereocenters. The fourth-order valence-electron chi connectivity index (χ4n) is 2.05. The molecular formula is C13H19NO4. The van der Waals surface area contributed by atoms with Gasteiger partial charge in [-0.25, -0.2) is 0 Å². The molecule has 0 aliphatic carbocycles. The van der Waals surface area contributed by atoms with Gasteiger partial charge in [0.15, 0.2) is 5.76 Å². The maximum Gasteiger partial charge on any atom is 0.287 e. The lowest BCUT2D eigenvalue weighted by molar-refractivity contribution is 0.0261. The summed E-state index contributed by atoms with van der Waals surface area (Å²) >= 11 is 0. The highest BCUT2D eigenvalue weighted by molar-refractivity contribution is 5.91. The Balaban J connectivity index is 1.95. The second-order valence-electron chi connectivity index (χ2n) is 4.78. The van der Waals surface area contributed by atoms with Gasteiger partial charge in [-0.1, -0.05) is 6.92 Å². The lowest BCUT2D eigenvalue weighted by atomic mass is 10.0. The number of hydrogen-bond donors (Lipinski definition) is 2. The summed E-state index contributed by atoms with van der Waals surface area (Å²) in [6.45, 7) is 4.88. The number of hydrogen-bond acceptors (Lipinski definition) is 4. The van der Waals surface area contributed by atoms with Crippen molar-refractivity contribution in [2.75, 3.05) is 19.8 Å². The molecule has 1 aromatic rings. The highest BCUT2D eigenvalue weighted by atomic mass is 16.5. The molecule has 2 N–H and O–H groups in total. The van der Waals surface area contributed by atoms with Crippen LogP contribution in [0.5, 0.6) is 0 Å². The van der Waals surface area contributed by atoms with Crippen LogP contribution in [0, 0.1) is 6.92 Å². The van der Waals surface area contributed by atoms with Gasteiger partial charge >= 0.3 is 0 Å². The zero-order valence-corrected chi connectivity index (χ0v) is 10.8. The minimum absolute atomic E-state index is 0.188. The second kappa shape index (κ2) is 5.12. The lowest BCUT2D eigenvalue weighted by Gasteiger charge is -2.20. The molecule has 1 fully saturated rings. The molecule has 0 aromatic carbocycles. The number of carbonyl (C=O) groups is 1. The highest BCUT2D eigenvalue weighted by Gasteiger charge is 2.32. The van der Waals surface area contributed by atoms with Gasteiger partial charge in [0.2, 0.25) is 0 Å². The van der Waals surface area contributed by atoms with Crippen LogP contribution in [0.15, 0.2) is 10.5 Å². The maximum atomic E-state index is 11.9. The summed E-state index contributed by atoms with van der Waals surface area (Å²) in [6, 6.07) is 1.73. The Kier molecular flexibility index (Phi) is 3.73. The number of rotatable bonds is 4. The van der Waals surface area contributed by atoms with E-state index >= 15 is 0 Å². The van der Waals surface area contributed by atoms with E-state index in [0.29, 0.717) is 18.8 Å². The van der Waals surface area contributed by atoms with Crippen molar-refractivity contribution in [2.45, 2.75) is 32.3 Å². The van der Waals surface area contributed by atoms with Crippen LogP contribution < -0.4 is 5.32 Å². The summed E-state index contributed by atoms with van der Waals surface area (Å²) in [5, 5.41) is 12.7. The molecule has 5 heteroatoms. The third-order valence-electron chi connectivity index (χ3n) is 3.23. The molecule has 0 saturated carbocycles. The summed E-state index contributed by atoms with van der Waals surface area (Å²) in [4.78, 5) is 11.9. The molecule has 2 rings (SSSR count). The van der Waals surface area contributed by atoms with Crippen molar-refractivity contribution < 1.29 is 19.1 Å². The zero-order valence-electron chi connectivity index (χ0n) is 10.8. The minimum Gasteiger partial charge on any atom is -0.456 e. The van der Waals surface area contributed by atoms with Gasteiger partial charge in [0.25, 0.3) is 5.91 Å². The van der Waals surface area contributed by atoms with Gasteiger partial charge in [0.1, 0.15) is 11.4 Å². The zero-order chi connectivity index (χ0) is 13.2. The van der Waals surface area contributed by atoms with Gasteiger partial charge in [-0.2, -0.15) is 0 Å². The first-order valence-electron chi connectivity index (χ1n) is 6.22. The van der Waals surface area contributed by atoms with E-state index in [2.05, 4.69) is 5.32 Å². The Hall–Kier alpha value is -1.33. The van der Waals surface area contributed by atoms with E-state index in [-0.39, 0.29) is 19.1 Å². The van der Waals surface area contributed by atoms with Crippen LogP contribution in [0.25, 0.3) is 0 Å². The van der Waals surface area contributed by atoms with Crippen LogP contribution in [-0.2, 0) is 11.2 Å². The molecule has 1 aliphatic heterocycles. The van der Waals surface area contributed by atoms with Gasteiger partial charge in [-0.15, -0.1) is 0 Å². The van der Waals surface area contributed by atoms with Crippen molar-refractivity contribution in [3.05, 3.63) is 23.2 Å². The smallest absolute Gasteiger partial charge is 0.287 e. The molecule has 0 bridgehead atoms. The quantitative estimate of drug-likeness (QED) is 0.840. The minimum atomic E-state index is -0.940. The number of nitrogens with one attached hydrogen (secondary N) is 1. The van der Waals surface area contributed by atoms with Crippen molar-refractivity contribution in [1.82, 2.24) is 5.32 Å². The van der Waals surface area contributed by atoms with E-state index in [1.54, 1.807) is 6.07 Å². The average Bonchev–Trinajstić information content (AvgIpc) is 2.93. The van der Waals surface area contributed by atoms with Gasteiger partial charge in [0, 0.05) is 26.0 Å². The third-order valence-corrected chi connectivity index (χ3v) is 3.23. The van der Waals surface area contributed by atoms with Crippen molar-refractivity contribution in [3.63, 3.8) is 0 Å². The predicted octanol–water partition coefficient (Wildman–Crippen LogP) is 1.03. The Morgan fingerprint density at radius 2 is 2.39 bits per heavy atom. The summed E-state index contributed by atoms with van der Waals surface area (Å²) in [5.41, 5.74) is 0.0378. The molecule has 1 saturated heterocycles. The van der Waals surface area contributed by atoms with Crippen molar-refractivity contribution >= 4 is 5.91 Å². The van der Waals surface area contributed by atoms with E-state index in [4.69, 9.17) is 9.15 Å². The first-order valence-corrected chi connectivity index (χ1v) is 6.22. The second-order valence-corrected chi connectivity index (χ2v) is 4.78. The standard InChI is InChI=1S/C13H19NO4/c1-3-10-9(2)6-11(18-10)12(15)14-7-13(16)4-5-17-8-13/h6,16H,3-5,7-8H2,1-2H3,(H,14,15)/t13-/m1/s1. The van der Waals surface area contributed by atoms with Crippen molar-refractivity contribution in [2.24, 2.45) is 0 Å². The normalized spacial score (nSPS) is 23.3. The van der Waals surface area contributed by atoms with Crippen LogP contribution in [0.2, 0.25) is 0 Å². The van der Waals surface area contributed by atoms with Gasteiger partial charge in [0.05, 0.1) is 6.61 Å². The van der Waals surface area contributed by atoms with Gasteiger partial charge < -0.3 is 19.6 Å². The van der Waals surface area contributed by atoms with E-state index in [9.17, 15) is 9.90 Å². The van der Waals surface area contributed by atoms with Crippen molar-refractivity contribution in [1.29, 1.82) is 0 Å². The maximum absolute atomic E-state index is 11.9. The number of aliphatic hydroxyl groups is 1. The molecule has 1 atom stereocenters. The third kappa shape index (κ3) is 2.73. The SMILES string of the molecule is CCc1oc(C(=O)NC[C@]2(O)CCOC2)cc1C. The topological polar surface area (TPSA) is 71.7 Å². The van der Waals surface area contributed by atoms with Crippen molar-refractivity contribution in [3.8, 4) is 0 Å². The van der Waals surface area contributed by atoms with Crippen LogP contribution in [0.3, 0.4) is 0 Å². The Bertz CT molecular complexity index is 432.